The smallest absolute Gasteiger partial charge is 0.108 e. The average Bonchev–Trinajstić information content (AvgIpc) is 2.27. The van der Waals surface area contributed by atoms with Crippen molar-refractivity contribution in [2.45, 2.75) is 6.42 Å². The molecule has 3 N–H and O–H groups in total. The highest BCUT2D eigenvalue weighted by atomic mass is 16.3. The summed E-state index contributed by atoms with van der Waals surface area (Å²) in [6.45, 7) is 0.481. The summed E-state index contributed by atoms with van der Waals surface area (Å²) in [5.74, 6) is 0. The lowest BCUT2D eigenvalue weighted by Gasteiger charge is -2.10. The summed E-state index contributed by atoms with van der Waals surface area (Å²) in [6, 6.07) is 4.94. The Morgan fingerprint density at radius 2 is 2.07 bits per heavy atom. The molecule has 0 heterocycles. The van der Waals surface area contributed by atoms with Gasteiger partial charge in [0.1, 0.15) is 5.69 Å². The monoisotopic (exact) mass is 210 g/mol. The highest BCUT2D eigenvalue weighted by Crippen LogP contribution is 2.22. The molecule has 0 atom stereocenters. The fourth-order valence-electron chi connectivity index (χ4n) is 1.33. The lowest BCUT2D eigenvalue weighted by Crippen LogP contribution is -2.08. The highest BCUT2D eigenvalue weighted by Gasteiger charge is 2.03. The van der Waals surface area contributed by atoms with Gasteiger partial charge >= 0.3 is 0 Å². The summed E-state index contributed by atoms with van der Waals surface area (Å²) >= 11 is 0. The van der Waals surface area contributed by atoms with Crippen molar-refractivity contribution < 1.29 is 10.2 Å². The number of nitroso groups, excluding NO2 is 1. The third kappa shape index (κ3) is 3.30. The van der Waals surface area contributed by atoms with Crippen molar-refractivity contribution in [2.75, 3.05) is 25.1 Å². The topological polar surface area (TPSA) is 81.9 Å². The van der Waals surface area contributed by atoms with Gasteiger partial charge in [-0.05, 0) is 35.4 Å². The summed E-state index contributed by atoms with van der Waals surface area (Å²) in [6.07, 6.45) is 0.455. The maximum atomic E-state index is 10.3. The lowest BCUT2D eigenvalue weighted by atomic mass is 10.1. The molecule has 0 saturated heterocycles. The largest absolute Gasteiger partial charge is 0.396 e. The Labute approximate surface area is 87.7 Å². The fraction of sp³-hybridized carbons (Fsp3) is 0.400. The second-order valence-corrected chi connectivity index (χ2v) is 3.06. The molecule has 15 heavy (non-hydrogen) atoms. The van der Waals surface area contributed by atoms with E-state index >= 15 is 0 Å². The minimum absolute atomic E-state index is 0.0100. The number of aliphatic hydroxyl groups excluding tert-OH is 2. The summed E-state index contributed by atoms with van der Waals surface area (Å²) < 4.78 is 0. The molecule has 0 aliphatic carbocycles. The van der Waals surface area contributed by atoms with Gasteiger partial charge in [0.2, 0.25) is 0 Å². The van der Waals surface area contributed by atoms with Gasteiger partial charge in [0.15, 0.2) is 0 Å². The van der Waals surface area contributed by atoms with E-state index in [1.54, 1.807) is 18.2 Å². The molecule has 0 saturated carbocycles. The number of anilines is 1. The maximum absolute atomic E-state index is 10.3. The van der Waals surface area contributed by atoms with E-state index in [0.717, 1.165) is 11.3 Å². The SMILES string of the molecule is O=Nc1ccc(NCCO)c(CCO)c1. The third-order valence-corrected chi connectivity index (χ3v) is 2.00. The van der Waals surface area contributed by atoms with Crippen LogP contribution >= 0.6 is 0 Å². The molecule has 0 unspecified atom stereocenters. The predicted octanol–water partition coefficient (Wildman–Crippen LogP) is 1.02. The molecule has 0 aliphatic heterocycles. The third-order valence-electron chi connectivity index (χ3n) is 2.00. The van der Waals surface area contributed by atoms with Crippen molar-refractivity contribution in [3.63, 3.8) is 0 Å². The van der Waals surface area contributed by atoms with Gasteiger partial charge in [-0.3, -0.25) is 0 Å². The number of nitrogens with zero attached hydrogens (tertiary/aromatic N) is 1. The first-order valence-corrected chi connectivity index (χ1v) is 4.73. The van der Waals surface area contributed by atoms with E-state index in [4.69, 9.17) is 10.2 Å². The first-order valence-electron chi connectivity index (χ1n) is 4.73. The van der Waals surface area contributed by atoms with E-state index in [1.165, 1.54) is 0 Å². The van der Waals surface area contributed by atoms with Crippen LogP contribution in [0, 0.1) is 4.91 Å². The summed E-state index contributed by atoms with van der Waals surface area (Å²) in [5, 5.41) is 23.3. The maximum Gasteiger partial charge on any atom is 0.108 e. The summed E-state index contributed by atoms with van der Waals surface area (Å²) in [7, 11) is 0. The van der Waals surface area contributed by atoms with Crippen LogP contribution in [-0.2, 0) is 6.42 Å². The van der Waals surface area contributed by atoms with E-state index < -0.39 is 0 Å². The average molecular weight is 210 g/mol. The van der Waals surface area contributed by atoms with Crippen LogP contribution in [0.25, 0.3) is 0 Å². The van der Waals surface area contributed by atoms with Crippen LogP contribution in [0.2, 0.25) is 0 Å². The van der Waals surface area contributed by atoms with Crippen LogP contribution in [0.1, 0.15) is 5.56 Å². The minimum Gasteiger partial charge on any atom is -0.396 e. The molecule has 0 fully saturated rings. The number of rotatable bonds is 6. The Morgan fingerprint density at radius 1 is 1.27 bits per heavy atom. The van der Waals surface area contributed by atoms with Gasteiger partial charge in [0.25, 0.3) is 0 Å². The zero-order valence-corrected chi connectivity index (χ0v) is 8.31. The molecule has 0 amide bonds. The van der Waals surface area contributed by atoms with Crippen LogP contribution in [0.3, 0.4) is 0 Å². The molecule has 1 aromatic carbocycles. The molecule has 0 aliphatic rings. The molecule has 0 spiro atoms. The van der Waals surface area contributed by atoms with Crippen molar-refractivity contribution >= 4 is 11.4 Å². The van der Waals surface area contributed by atoms with E-state index in [0.29, 0.717) is 18.7 Å². The fourth-order valence-corrected chi connectivity index (χ4v) is 1.33. The number of nitrogens with one attached hydrogen (secondary N) is 1. The molecule has 82 valence electrons. The molecule has 1 aromatic rings. The first kappa shape index (κ1) is 11.6. The van der Waals surface area contributed by atoms with E-state index in [1.807, 2.05) is 0 Å². The van der Waals surface area contributed by atoms with Crippen LogP contribution in [0.5, 0.6) is 0 Å². The molecule has 5 heteroatoms. The first-order chi connectivity index (χ1) is 7.31. The van der Waals surface area contributed by atoms with Crippen molar-refractivity contribution in [1.82, 2.24) is 0 Å². The second kappa shape index (κ2) is 6.10. The van der Waals surface area contributed by atoms with Gasteiger partial charge in [-0.1, -0.05) is 0 Å². The number of aliphatic hydroxyl groups is 2. The summed E-state index contributed by atoms with van der Waals surface area (Å²) in [4.78, 5) is 10.3. The number of hydrogen-bond acceptors (Lipinski definition) is 5. The van der Waals surface area contributed by atoms with E-state index in [-0.39, 0.29) is 13.2 Å². The Kier molecular flexibility index (Phi) is 4.73. The standard InChI is InChI=1S/C10H14N2O3/c13-5-3-8-7-9(12-15)1-2-10(8)11-4-6-14/h1-2,7,11,13-14H,3-6H2. The van der Waals surface area contributed by atoms with Crippen molar-refractivity contribution in [3.05, 3.63) is 28.7 Å². The Bertz CT molecular complexity index is 328. The summed E-state index contributed by atoms with van der Waals surface area (Å²) in [5.41, 5.74) is 1.97. The van der Waals surface area contributed by atoms with Crippen molar-refractivity contribution in [1.29, 1.82) is 0 Å². The second-order valence-electron chi connectivity index (χ2n) is 3.06. The van der Waals surface area contributed by atoms with Gasteiger partial charge in [-0.25, -0.2) is 0 Å². The molecule has 5 nitrogen and oxygen atoms in total. The lowest BCUT2D eigenvalue weighted by molar-refractivity contribution is 0.299. The van der Waals surface area contributed by atoms with Crippen LogP contribution in [-0.4, -0.2) is 30.0 Å². The molecule has 0 bridgehead atoms. The van der Waals surface area contributed by atoms with Gasteiger partial charge < -0.3 is 15.5 Å². The van der Waals surface area contributed by atoms with Crippen LogP contribution < -0.4 is 5.32 Å². The number of benzene rings is 1. The van der Waals surface area contributed by atoms with Gasteiger partial charge in [0, 0.05) is 18.8 Å². The van der Waals surface area contributed by atoms with Gasteiger partial charge in [-0.15, -0.1) is 4.91 Å². The molecule has 1 rings (SSSR count). The number of hydrogen-bond donors (Lipinski definition) is 3. The Hall–Kier alpha value is -1.46. The highest BCUT2D eigenvalue weighted by molar-refractivity contribution is 5.57. The predicted molar refractivity (Wildman–Crippen MR) is 58.3 cm³/mol. The van der Waals surface area contributed by atoms with E-state index in [9.17, 15) is 4.91 Å². The van der Waals surface area contributed by atoms with E-state index in [2.05, 4.69) is 10.5 Å². The normalized spacial score (nSPS) is 10.0. The Balaban J connectivity index is 2.87. The zero-order chi connectivity index (χ0) is 11.1. The minimum atomic E-state index is 0.0100. The van der Waals surface area contributed by atoms with Gasteiger partial charge in [-0.2, -0.15) is 0 Å². The quantitative estimate of drug-likeness (QED) is 0.612. The molecule has 0 aromatic heterocycles. The molecular formula is C10H14N2O3. The van der Waals surface area contributed by atoms with Crippen LogP contribution in [0.15, 0.2) is 23.4 Å². The van der Waals surface area contributed by atoms with Crippen LogP contribution in [0.4, 0.5) is 11.4 Å². The van der Waals surface area contributed by atoms with Crippen molar-refractivity contribution in [3.8, 4) is 0 Å². The van der Waals surface area contributed by atoms with Crippen molar-refractivity contribution in [2.24, 2.45) is 5.18 Å². The van der Waals surface area contributed by atoms with Gasteiger partial charge in [0.05, 0.1) is 6.61 Å². The molecule has 0 radical (unpaired) electrons. The Morgan fingerprint density at radius 3 is 2.67 bits per heavy atom. The zero-order valence-electron chi connectivity index (χ0n) is 8.31. The molecular weight excluding hydrogens is 196 g/mol.